The van der Waals surface area contributed by atoms with Gasteiger partial charge in [-0.05, 0) is 42.8 Å². The predicted molar refractivity (Wildman–Crippen MR) is 105 cm³/mol. The second kappa shape index (κ2) is 6.92. The van der Waals surface area contributed by atoms with Gasteiger partial charge in [0.25, 0.3) is 5.91 Å². The summed E-state index contributed by atoms with van der Waals surface area (Å²) in [6.45, 7) is 1.96. The molecule has 0 unspecified atom stereocenters. The fourth-order valence-electron chi connectivity index (χ4n) is 2.97. The number of hydrogen-bond acceptors (Lipinski definition) is 4. The number of benzene rings is 2. The van der Waals surface area contributed by atoms with Crippen molar-refractivity contribution in [1.82, 2.24) is 14.8 Å². The molecule has 0 spiro atoms. The number of thiazole rings is 1. The van der Waals surface area contributed by atoms with Crippen molar-refractivity contribution in [1.29, 1.82) is 0 Å². The molecule has 0 aliphatic carbocycles. The summed E-state index contributed by atoms with van der Waals surface area (Å²) in [5.41, 5.74) is 2.88. The Morgan fingerprint density at radius 3 is 2.63 bits per heavy atom. The summed E-state index contributed by atoms with van der Waals surface area (Å²) in [4.78, 5) is 19.2. The third-order valence-corrected chi connectivity index (χ3v) is 5.49. The van der Waals surface area contributed by atoms with E-state index < -0.39 is 0 Å². The van der Waals surface area contributed by atoms with Crippen LogP contribution in [0.4, 0.5) is 9.52 Å². The van der Waals surface area contributed by atoms with Gasteiger partial charge in [0.05, 0.1) is 33.4 Å². The maximum Gasteiger partial charge on any atom is 0.263 e. The molecule has 4 aromatic rings. The molecule has 0 bridgehead atoms. The van der Waals surface area contributed by atoms with Crippen LogP contribution in [0.5, 0.6) is 0 Å². The Morgan fingerprint density at radius 2 is 1.93 bits per heavy atom. The number of rotatable bonds is 4. The van der Waals surface area contributed by atoms with E-state index in [0.29, 0.717) is 17.1 Å². The van der Waals surface area contributed by atoms with Crippen LogP contribution in [0.15, 0.2) is 54.7 Å². The Morgan fingerprint density at radius 1 is 1.19 bits per heavy atom. The lowest BCUT2D eigenvalue weighted by Crippen LogP contribution is -2.26. The number of carbonyl (C=O) groups excluding carboxylic acids is 1. The van der Waals surface area contributed by atoms with Crippen LogP contribution in [0, 0.1) is 5.82 Å². The van der Waals surface area contributed by atoms with E-state index in [1.54, 1.807) is 35.0 Å². The number of hydrogen-bond donors (Lipinski definition) is 0. The van der Waals surface area contributed by atoms with Crippen molar-refractivity contribution >= 4 is 32.6 Å². The lowest BCUT2D eigenvalue weighted by atomic mass is 10.2. The third-order valence-electron chi connectivity index (χ3n) is 4.38. The molecule has 0 atom stereocenters. The molecule has 0 saturated heterocycles. The van der Waals surface area contributed by atoms with Crippen LogP contribution in [0.2, 0.25) is 0 Å². The Labute approximate surface area is 159 Å². The lowest BCUT2D eigenvalue weighted by Gasteiger charge is -2.14. The van der Waals surface area contributed by atoms with Gasteiger partial charge in [0.15, 0.2) is 5.13 Å². The zero-order valence-electron chi connectivity index (χ0n) is 14.9. The Kier molecular flexibility index (Phi) is 4.45. The summed E-state index contributed by atoms with van der Waals surface area (Å²) in [6, 6.07) is 13.8. The Balaban J connectivity index is 1.70. The lowest BCUT2D eigenvalue weighted by molar-refractivity contribution is 0.0992. The van der Waals surface area contributed by atoms with E-state index in [1.807, 2.05) is 31.2 Å². The summed E-state index contributed by atoms with van der Waals surface area (Å²) < 4.78 is 15.9. The molecule has 0 aliphatic rings. The average Bonchev–Trinajstić information content (AvgIpc) is 3.31. The molecular formula is C20H17FN4OS. The number of halogens is 1. The van der Waals surface area contributed by atoms with Gasteiger partial charge in [-0.1, -0.05) is 30.4 Å². The van der Waals surface area contributed by atoms with E-state index in [4.69, 9.17) is 0 Å². The highest BCUT2D eigenvalue weighted by Crippen LogP contribution is 2.29. The summed E-state index contributed by atoms with van der Waals surface area (Å²) in [7, 11) is 1.72. The fraction of sp³-hybridized carbons (Fsp3) is 0.150. The summed E-state index contributed by atoms with van der Waals surface area (Å²) in [6.07, 6.45) is 2.18. The molecular weight excluding hydrogens is 363 g/mol. The molecule has 0 fully saturated rings. The van der Waals surface area contributed by atoms with Crippen molar-refractivity contribution in [3.05, 3.63) is 71.8 Å². The van der Waals surface area contributed by atoms with Gasteiger partial charge in [-0.2, -0.15) is 5.10 Å². The molecule has 2 aromatic heterocycles. The largest absolute Gasteiger partial charge is 0.287 e. The van der Waals surface area contributed by atoms with Crippen molar-refractivity contribution in [3.8, 4) is 5.69 Å². The predicted octanol–water partition coefficient (Wildman–Crippen LogP) is 4.46. The number of para-hydroxylation sites is 1. The van der Waals surface area contributed by atoms with Gasteiger partial charge in [-0.3, -0.25) is 9.69 Å². The zero-order chi connectivity index (χ0) is 19.0. The van der Waals surface area contributed by atoms with E-state index >= 15 is 0 Å². The van der Waals surface area contributed by atoms with Crippen molar-refractivity contribution in [2.24, 2.45) is 0 Å². The highest BCUT2D eigenvalue weighted by Gasteiger charge is 2.23. The number of carbonyl (C=O) groups is 1. The van der Waals surface area contributed by atoms with E-state index in [1.165, 1.54) is 23.5 Å². The first kappa shape index (κ1) is 17.4. The minimum atomic E-state index is -0.309. The van der Waals surface area contributed by atoms with Crippen LogP contribution in [-0.2, 0) is 6.42 Å². The van der Waals surface area contributed by atoms with Gasteiger partial charge < -0.3 is 0 Å². The average molecular weight is 380 g/mol. The Bertz CT molecular complexity index is 1080. The van der Waals surface area contributed by atoms with Crippen molar-refractivity contribution in [3.63, 3.8) is 0 Å². The van der Waals surface area contributed by atoms with Crippen LogP contribution in [0.25, 0.3) is 15.9 Å². The minimum Gasteiger partial charge on any atom is -0.287 e. The topological polar surface area (TPSA) is 51.0 Å². The number of amides is 1. The number of anilines is 1. The van der Waals surface area contributed by atoms with Crippen LogP contribution in [0.3, 0.4) is 0 Å². The summed E-state index contributed by atoms with van der Waals surface area (Å²) in [5, 5.41) is 4.99. The Hall–Kier alpha value is -3.06. The first-order valence-electron chi connectivity index (χ1n) is 8.55. The first-order chi connectivity index (χ1) is 13.1. The molecule has 0 aliphatic heterocycles. The monoisotopic (exact) mass is 380 g/mol. The highest BCUT2D eigenvalue weighted by molar-refractivity contribution is 7.22. The van der Waals surface area contributed by atoms with Crippen LogP contribution >= 0.6 is 11.3 Å². The number of aromatic nitrogens is 3. The second-order valence-corrected chi connectivity index (χ2v) is 7.08. The SMILES string of the molecule is CCc1c(C(=O)N(C)c2nc3ccccc3s2)cnn1-c1ccc(F)cc1. The van der Waals surface area contributed by atoms with Gasteiger partial charge in [0.2, 0.25) is 0 Å². The molecule has 4 rings (SSSR count). The van der Waals surface area contributed by atoms with Crippen LogP contribution in [-0.4, -0.2) is 27.7 Å². The second-order valence-electron chi connectivity index (χ2n) is 6.08. The van der Waals surface area contributed by atoms with Crippen molar-refractivity contribution in [2.45, 2.75) is 13.3 Å². The molecule has 2 heterocycles. The number of nitrogens with zero attached hydrogens (tertiary/aromatic N) is 4. The molecule has 27 heavy (non-hydrogen) atoms. The van der Waals surface area contributed by atoms with Gasteiger partial charge >= 0.3 is 0 Å². The normalized spacial score (nSPS) is 11.1. The molecule has 1 amide bonds. The molecule has 136 valence electrons. The molecule has 0 saturated carbocycles. The smallest absolute Gasteiger partial charge is 0.263 e. The highest BCUT2D eigenvalue weighted by atomic mass is 32.1. The summed E-state index contributed by atoms with van der Waals surface area (Å²) >= 11 is 1.47. The van der Waals surface area contributed by atoms with E-state index in [9.17, 15) is 9.18 Å². The van der Waals surface area contributed by atoms with Gasteiger partial charge in [-0.25, -0.2) is 14.1 Å². The van der Waals surface area contributed by atoms with Gasteiger partial charge in [0, 0.05) is 7.05 Å². The van der Waals surface area contributed by atoms with Crippen molar-refractivity contribution in [2.75, 3.05) is 11.9 Å². The standard InChI is InChI=1S/C20H17FN4OS/c1-3-17-15(12-22-25(17)14-10-8-13(21)9-11-14)19(26)24(2)20-23-16-6-4-5-7-18(16)27-20/h4-12H,3H2,1-2H3. The zero-order valence-corrected chi connectivity index (χ0v) is 15.7. The van der Waals surface area contributed by atoms with Gasteiger partial charge in [0.1, 0.15) is 5.82 Å². The fourth-order valence-corrected chi connectivity index (χ4v) is 3.89. The molecule has 0 radical (unpaired) electrons. The molecule has 7 heteroatoms. The molecule has 5 nitrogen and oxygen atoms in total. The van der Waals surface area contributed by atoms with E-state index in [0.717, 1.165) is 21.6 Å². The number of fused-ring (bicyclic) bond motifs is 1. The quantitative estimate of drug-likeness (QED) is 0.525. The van der Waals surface area contributed by atoms with Crippen LogP contribution in [0.1, 0.15) is 23.0 Å². The van der Waals surface area contributed by atoms with Gasteiger partial charge in [-0.15, -0.1) is 0 Å². The van der Waals surface area contributed by atoms with E-state index in [-0.39, 0.29) is 11.7 Å². The van der Waals surface area contributed by atoms with E-state index in [2.05, 4.69) is 10.1 Å². The molecule has 2 aromatic carbocycles. The maximum atomic E-state index is 13.2. The maximum absolute atomic E-state index is 13.2. The third kappa shape index (κ3) is 3.10. The minimum absolute atomic E-state index is 0.167. The van der Waals surface area contributed by atoms with Crippen LogP contribution < -0.4 is 4.90 Å². The first-order valence-corrected chi connectivity index (χ1v) is 9.36. The summed E-state index contributed by atoms with van der Waals surface area (Å²) in [5.74, 6) is -0.477. The molecule has 0 N–H and O–H groups in total. The van der Waals surface area contributed by atoms with Crippen molar-refractivity contribution < 1.29 is 9.18 Å².